The molecule has 1 fully saturated rings. The molecular formula is C18H28N4O3S. The normalized spacial score (nSPS) is 20.8. The highest BCUT2D eigenvalue weighted by Gasteiger charge is 2.34. The fourth-order valence-electron chi connectivity index (χ4n) is 3.70. The van der Waals surface area contributed by atoms with E-state index in [2.05, 4.69) is 11.0 Å². The summed E-state index contributed by atoms with van der Waals surface area (Å²) < 4.78 is 27.2. The molecule has 144 valence electrons. The van der Waals surface area contributed by atoms with Crippen LogP contribution < -0.4 is 4.90 Å². The highest BCUT2D eigenvalue weighted by atomic mass is 32.2. The molecule has 0 saturated carbocycles. The second-order valence-corrected chi connectivity index (χ2v) is 9.27. The molecule has 1 aromatic carbocycles. The third kappa shape index (κ3) is 3.64. The molecule has 2 aliphatic heterocycles. The summed E-state index contributed by atoms with van der Waals surface area (Å²) in [5.74, 6) is 0.0982. The van der Waals surface area contributed by atoms with Crippen LogP contribution >= 0.6 is 0 Å². The minimum Gasteiger partial charge on any atom is -0.311 e. The Morgan fingerprint density at radius 2 is 1.73 bits per heavy atom. The Labute approximate surface area is 156 Å². The first kappa shape index (κ1) is 19.3. The topological polar surface area (TPSA) is 64.2 Å². The largest absolute Gasteiger partial charge is 0.311 e. The molecule has 1 saturated heterocycles. The first-order valence-corrected chi connectivity index (χ1v) is 10.5. The summed E-state index contributed by atoms with van der Waals surface area (Å²) >= 11 is 0. The summed E-state index contributed by atoms with van der Waals surface area (Å²) in [7, 11) is -0.299. The van der Waals surface area contributed by atoms with Gasteiger partial charge in [-0.05, 0) is 31.4 Å². The van der Waals surface area contributed by atoms with Gasteiger partial charge in [0.2, 0.25) is 5.91 Å². The molecule has 2 heterocycles. The molecule has 1 aromatic rings. The number of para-hydroxylation sites is 1. The van der Waals surface area contributed by atoms with Gasteiger partial charge in [0.1, 0.15) is 0 Å². The van der Waals surface area contributed by atoms with E-state index in [1.807, 2.05) is 30.0 Å². The molecular weight excluding hydrogens is 352 g/mol. The number of rotatable bonds is 4. The van der Waals surface area contributed by atoms with Crippen molar-refractivity contribution in [2.45, 2.75) is 25.8 Å². The summed E-state index contributed by atoms with van der Waals surface area (Å²) in [5.41, 5.74) is 2.24. The monoisotopic (exact) mass is 380 g/mol. The third-order valence-corrected chi connectivity index (χ3v) is 7.28. The van der Waals surface area contributed by atoms with Gasteiger partial charge in [-0.3, -0.25) is 9.69 Å². The van der Waals surface area contributed by atoms with Crippen LogP contribution in [0.5, 0.6) is 0 Å². The molecule has 0 bridgehead atoms. The van der Waals surface area contributed by atoms with Crippen LogP contribution in [0.25, 0.3) is 0 Å². The first-order valence-electron chi connectivity index (χ1n) is 9.13. The maximum atomic E-state index is 13.1. The number of piperazine rings is 1. The highest BCUT2D eigenvalue weighted by molar-refractivity contribution is 7.86. The maximum absolute atomic E-state index is 13.1. The maximum Gasteiger partial charge on any atom is 0.281 e. The SMILES string of the molecule is C[C@@H](C(=O)N1CCCc2ccccc21)N1CCN(S(=O)(=O)N(C)C)CC1. The van der Waals surface area contributed by atoms with Crippen molar-refractivity contribution in [2.75, 3.05) is 51.7 Å². The van der Waals surface area contributed by atoms with Gasteiger partial charge in [-0.25, -0.2) is 0 Å². The van der Waals surface area contributed by atoms with Crippen molar-refractivity contribution in [1.82, 2.24) is 13.5 Å². The minimum atomic E-state index is -3.39. The number of hydrogen-bond donors (Lipinski definition) is 0. The van der Waals surface area contributed by atoms with E-state index in [4.69, 9.17) is 0 Å². The van der Waals surface area contributed by atoms with E-state index in [9.17, 15) is 13.2 Å². The lowest BCUT2D eigenvalue weighted by molar-refractivity contribution is -0.123. The van der Waals surface area contributed by atoms with Crippen molar-refractivity contribution in [3.63, 3.8) is 0 Å². The molecule has 0 aliphatic carbocycles. The van der Waals surface area contributed by atoms with Gasteiger partial charge in [0.05, 0.1) is 6.04 Å². The van der Waals surface area contributed by atoms with Crippen molar-refractivity contribution in [3.05, 3.63) is 29.8 Å². The summed E-state index contributed by atoms with van der Waals surface area (Å²) in [6.07, 6.45) is 1.99. The Balaban J connectivity index is 1.66. The average Bonchev–Trinajstić information content (AvgIpc) is 2.66. The zero-order valence-corrected chi connectivity index (χ0v) is 16.6. The van der Waals surface area contributed by atoms with Crippen molar-refractivity contribution in [2.24, 2.45) is 0 Å². The number of anilines is 1. The summed E-state index contributed by atoms with van der Waals surface area (Å²) in [6, 6.07) is 7.83. The molecule has 1 atom stereocenters. The standard InChI is InChI=1S/C18H28N4O3S/c1-15(20-11-13-21(14-12-20)26(24,25)19(2)3)18(23)22-10-6-8-16-7-4-5-9-17(16)22/h4-5,7,9,15H,6,8,10-14H2,1-3H3/t15-/m0/s1. The van der Waals surface area contributed by atoms with E-state index in [1.165, 1.54) is 14.2 Å². The van der Waals surface area contributed by atoms with Gasteiger partial charge in [0.25, 0.3) is 10.2 Å². The molecule has 7 nitrogen and oxygen atoms in total. The number of carbonyl (C=O) groups is 1. The first-order chi connectivity index (χ1) is 12.3. The number of carbonyl (C=O) groups excluding carboxylic acids is 1. The van der Waals surface area contributed by atoms with E-state index in [0.29, 0.717) is 26.2 Å². The number of fused-ring (bicyclic) bond motifs is 1. The van der Waals surface area contributed by atoms with Crippen LogP contribution in [0.3, 0.4) is 0 Å². The van der Waals surface area contributed by atoms with Crippen molar-refractivity contribution in [1.29, 1.82) is 0 Å². The second-order valence-electron chi connectivity index (χ2n) is 7.12. The van der Waals surface area contributed by atoms with Gasteiger partial charge in [-0.1, -0.05) is 18.2 Å². The van der Waals surface area contributed by atoms with Crippen LogP contribution in [0.15, 0.2) is 24.3 Å². The Kier molecular flexibility index (Phi) is 5.67. The Bertz CT molecular complexity index is 757. The predicted octanol–water partition coefficient (Wildman–Crippen LogP) is 0.778. The van der Waals surface area contributed by atoms with E-state index in [0.717, 1.165) is 25.1 Å². The minimum absolute atomic E-state index is 0.0982. The van der Waals surface area contributed by atoms with E-state index < -0.39 is 10.2 Å². The van der Waals surface area contributed by atoms with E-state index in [1.54, 1.807) is 14.1 Å². The Morgan fingerprint density at radius 3 is 2.38 bits per heavy atom. The smallest absolute Gasteiger partial charge is 0.281 e. The molecule has 2 aliphatic rings. The van der Waals surface area contributed by atoms with Gasteiger partial charge in [0.15, 0.2) is 0 Å². The lowest BCUT2D eigenvalue weighted by Gasteiger charge is -2.40. The number of amides is 1. The summed E-state index contributed by atoms with van der Waals surface area (Å²) in [5, 5.41) is 0. The third-order valence-electron chi connectivity index (χ3n) is 5.34. The molecule has 0 N–H and O–H groups in total. The fourth-order valence-corrected chi connectivity index (χ4v) is 4.78. The predicted molar refractivity (Wildman–Crippen MR) is 102 cm³/mol. The lowest BCUT2D eigenvalue weighted by Crippen LogP contribution is -2.57. The number of aryl methyl sites for hydroxylation is 1. The number of benzene rings is 1. The highest BCUT2D eigenvalue weighted by Crippen LogP contribution is 2.28. The van der Waals surface area contributed by atoms with Gasteiger partial charge < -0.3 is 4.90 Å². The van der Waals surface area contributed by atoms with Gasteiger partial charge in [-0.15, -0.1) is 0 Å². The summed E-state index contributed by atoms with van der Waals surface area (Å²) in [4.78, 5) is 17.1. The Morgan fingerprint density at radius 1 is 1.08 bits per heavy atom. The number of nitrogens with zero attached hydrogens (tertiary/aromatic N) is 4. The molecule has 0 aromatic heterocycles. The molecule has 3 rings (SSSR count). The van der Waals surface area contributed by atoms with Gasteiger partial charge >= 0.3 is 0 Å². The van der Waals surface area contributed by atoms with Crippen LogP contribution in [0.4, 0.5) is 5.69 Å². The summed E-state index contributed by atoms with van der Waals surface area (Å²) in [6.45, 7) is 4.62. The average molecular weight is 381 g/mol. The van der Waals surface area contributed by atoms with E-state index >= 15 is 0 Å². The molecule has 0 spiro atoms. The van der Waals surface area contributed by atoms with Crippen molar-refractivity contribution in [3.8, 4) is 0 Å². The quantitative estimate of drug-likeness (QED) is 0.774. The van der Waals surface area contributed by atoms with Crippen molar-refractivity contribution < 1.29 is 13.2 Å². The Hall–Kier alpha value is -1.48. The number of hydrogen-bond acceptors (Lipinski definition) is 4. The van der Waals surface area contributed by atoms with Crippen LogP contribution in [-0.2, 0) is 21.4 Å². The molecule has 26 heavy (non-hydrogen) atoms. The van der Waals surface area contributed by atoms with Crippen LogP contribution in [0.1, 0.15) is 18.9 Å². The van der Waals surface area contributed by atoms with Crippen LogP contribution in [0.2, 0.25) is 0 Å². The zero-order valence-electron chi connectivity index (χ0n) is 15.8. The molecule has 8 heteroatoms. The second kappa shape index (κ2) is 7.64. The molecule has 0 radical (unpaired) electrons. The molecule has 1 amide bonds. The lowest BCUT2D eigenvalue weighted by atomic mass is 10.0. The van der Waals surface area contributed by atoms with Crippen LogP contribution in [0, 0.1) is 0 Å². The van der Waals surface area contributed by atoms with Gasteiger partial charge in [-0.2, -0.15) is 17.0 Å². The fraction of sp³-hybridized carbons (Fsp3) is 0.611. The van der Waals surface area contributed by atoms with E-state index in [-0.39, 0.29) is 11.9 Å². The van der Waals surface area contributed by atoms with Gasteiger partial charge in [0, 0.05) is 52.5 Å². The van der Waals surface area contributed by atoms with Crippen molar-refractivity contribution >= 4 is 21.8 Å². The molecule has 0 unspecified atom stereocenters. The van der Waals surface area contributed by atoms with Crippen LogP contribution in [-0.4, -0.2) is 80.7 Å². The zero-order chi connectivity index (χ0) is 18.9.